The minimum atomic E-state index is -3.15. The van der Waals surface area contributed by atoms with Gasteiger partial charge in [-0.2, -0.15) is 10.2 Å². The highest BCUT2D eigenvalue weighted by Crippen LogP contribution is 2.55. The van der Waals surface area contributed by atoms with Gasteiger partial charge in [0.15, 0.2) is 40.4 Å². The fourth-order valence-electron chi connectivity index (χ4n) is 6.92. The average Bonchev–Trinajstić information content (AvgIpc) is 2.98. The monoisotopic (exact) mass is 644 g/mol. The standard InChI is InChI=1S/C30H36N4O12/c1-7-45-27(42)29(4,28(43)46-8-2)33-32-13-10-9-12-11(3)14-16(21(36)15(12)20(13)35)24(39)30(44)18(22(14)37)19(34(5)6)23(38)17(25(30)40)26(31)41/h9-11,14,16-19,22,35,37,44H,7-8H2,1-6H3,(H2,31,41)/t11-,14+,16?,17?,18+,19-,22-,30-/m0/s1. The van der Waals surface area contributed by atoms with Gasteiger partial charge in [-0.15, -0.1) is 0 Å². The third kappa shape index (κ3) is 4.82. The van der Waals surface area contributed by atoms with Crippen LogP contribution >= 0.6 is 0 Å². The van der Waals surface area contributed by atoms with Crippen LogP contribution in [0.25, 0.3) is 0 Å². The van der Waals surface area contributed by atoms with E-state index in [1.54, 1.807) is 6.92 Å². The van der Waals surface area contributed by atoms with E-state index < -0.39 is 111 Å². The summed E-state index contributed by atoms with van der Waals surface area (Å²) in [5, 5.41) is 42.3. The molecule has 16 nitrogen and oxygen atoms in total. The first-order chi connectivity index (χ1) is 21.4. The third-order valence-corrected chi connectivity index (χ3v) is 9.17. The van der Waals surface area contributed by atoms with Crippen molar-refractivity contribution in [3.8, 4) is 5.75 Å². The molecule has 3 aliphatic rings. The van der Waals surface area contributed by atoms with Crippen molar-refractivity contribution in [1.82, 2.24) is 4.90 Å². The lowest BCUT2D eigenvalue weighted by atomic mass is 9.49. The number of benzene rings is 1. The normalized spacial score (nSPS) is 30.9. The Morgan fingerprint density at radius 2 is 1.61 bits per heavy atom. The minimum absolute atomic E-state index is 0.0956. The molecule has 248 valence electrons. The first kappa shape index (κ1) is 34.5. The molecule has 1 amide bonds. The van der Waals surface area contributed by atoms with Gasteiger partial charge in [-0.3, -0.25) is 28.9 Å². The van der Waals surface area contributed by atoms with Gasteiger partial charge in [0.05, 0.1) is 42.8 Å². The zero-order valence-corrected chi connectivity index (χ0v) is 26.0. The number of nitrogens with zero attached hydrogens (tertiary/aromatic N) is 3. The van der Waals surface area contributed by atoms with Crippen LogP contribution in [0.2, 0.25) is 0 Å². The molecule has 0 heterocycles. The topological polar surface area (TPSA) is 253 Å². The summed E-state index contributed by atoms with van der Waals surface area (Å²) >= 11 is 0. The van der Waals surface area contributed by atoms with Crippen molar-refractivity contribution in [1.29, 1.82) is 0 Å². The molecule has 0 bridgehead atoms. The maximum Gasteiger partial charge on any atom is 0.347 e. The number of phenols is 1. The van der Waals surface area contributed by atoms with Crippen molar-refractivity contribution in [2.75, 3.05) is 27.3 Å². The molecule has 2 saturated carbocycles. The Morgan fingerprint density at radius 1 is 1.04 bits per heavy atom. The van der Waals surface area contributed by atoms with E-state index >= 15 is 0 Å². The number of carbonyl (C=O) groups excluding carboxylic acids is 7. The van der Waals surface area contributed by atoms with Gasteiger partial charge >= 0.3 is 11.9 Å². The molecular formula is C30H36N4O12. The summed E-state index contributed by atoms with van der Waals surface area (Å²) in [6.45, 7) is 5.46. The highest BCUT2D eigenvalue weighted by molar-refractivity contribution is 6.32. The van der Waals surface area contributed by atoms with Crippen LogP contribution in [0, 0.1) is 23.7 Å². The molecule has 16 heteroatoms. The summed E-state index contributed by atoms with van der Waals surface area (Å²) in [6.07, 6.45) is -1.79. The molecule has 0 spiro atoms. The van der Waals surface area contributed by atoms with Crippen molar-refractivity contribution >= 4 is 46.7 Å². The number of phenolic OH excluding ortho intramolecular Hbond substituents is 1. The lowest BCUT2D eigenvalue weighted by Gasteiger charge is -2.56. The van der Waals surface area contributed by atoms with Crippen LogP contribution in [0.3, 0.4) is 0 Å². The zero-order valence-electron chi connectivity index (χ0n) is 26.0. The van der Waals surface area contributed by atoms with Gasteiger partial charge in [-0.25, -0.2) is 9.59 Å². The molecule has 2 unspecified atom stereocenters. The lowest BCUT2D eigenvalue weighted by Crippen LogP contribution is -2.77. The molecule has 3 aliphatic carbocycles. The summed E-state index contributed by atoms with van der Waals surface area (Å²) < 4.78 is 9.87. The summed E-state index contributed by atoms with van der Waals surface area (Å²) in [7, 11) is 2.79. The van der Waals surface area contributed by atoms with Gasteiger partial charge in [-0.1, -0.05) is 13.0 Å². The van der Waals surface area contributed by atoms with Crippen molar-refractivity contribution in [2.45, 2.75) is 56.9 Å². The molecule has 46 heavy (non-hydrogen) atoms. The van der Waals surface area contributed by atoms with Crippen molar-refractivity contribution in [3.05, 3.63) is 23.3 Å². The van der Waals surface area contributed by atoms with Crippen LogP contribution in [0.5, 0.6) is 5.75 Å². The van der Waals surface area contributed by atoms with E-state index in [0.717, 1.165) is 6.92 Å². The largest absolute Gasteiger partial charge is 0.505 e. The number of nitrogens with two attached hydrogens (primary N) is 1. The van der Waals surface area contributed by atoms with E-state index in [-0.39, 0.29) is 18.8 Å². The van der Waals surface area contributed by atoms with Gasteiger partial charge in [0.2, 0.25) is 5.91 Å². The SMILES string of the molecule is CCOC(=O)C(C)(N=Nc1ccc2c(c1O)C(=O)C1C(=O)[C@]3(O)C(=O)C(C(N)=O)C(=O)[C@@H](N(C)C)[C@@H]3[C@@H](O)[C@@H]1[C@H]2C)C(=O)OCC. The van der Waals surface area contributed by atoms with Gasteiger partial charge in [0, 0.05) is 5.92 Å². The molecule has 0 aliphatic heterocycles. The fraction of sp³-hybridized carbons (Fsp3) is 0.567. The van der Waals surface area contributed by atoms with E-state index in [9.17, 15) is 48.9 Å². The number of esters is 2. The number of amides is 1. The quantitative estimate of drug-likeness (QED) is 0.156. The Morgan fingerprint density at radius 3 is 2.11 bits per heavy atom. The van der Waals surface area contributed by atoms with E-state index in [2.05, 4.69) is 10.2 Å². The number of hydrogen-bond acceptors (Lipinski definition) is 15. The molecule has 2 fully saturated rings. The third-order valence-electron chi connectivity index (χ3n) is 9.17. The zero-order chi connectivity index (χ0) is 34.6. The number of likely N-dealkylation sites (N-methyl/N-ethyl adjacent to an activating group) is 1. The molecule has 0 aromatic heterocycles. The van der Waals surface area contributed by atoms with Crippen molar-refractivity contribution in [2.24, 2.45) is 39.6 Å². The fourth-order valence-corrected chi connectivity index (χ4v) is 6.92. The van der Waals surface area contributed by atoms with Crippen LogP contribution in [-0.2, 0) is 38.2 Å². The van der Waals surface area contributed by atoms with Gasteiger partial charge in [0.25, 0.3) is 5.54 Å². The maximum absolute atomic E-state index is 14.1. The van der Waals surface area contributed by atoms with Gasteiger partial charge < -0.3 is 30.5 Å². The Kier molecular flexibility index (Phi) is 9.05. The summed E-state index contributed by atoms with van der Waals surface area (Å²) in [6, 6.07) is 1.11. The van der Waals surface area contributed by atoms with E-state index in [1.165, 1.54) is 45.0 Å². The number of aromatic hydroxyl groups is 1. The number of rotatable bonds is 8. The lowest BCUT2D eigenvalue weighted by molar-refractivity contribution is -0.196. The number of ether oxygens (including phenoxy) is 2. The predicted octanol–water partition coefficient (Wildman–Crippen LogP) is -0.633. The van der Waals surface area contributed by atoms with Crippen LogP contribution < -0.4 is 5.73 Å². The number of azo groups is 1. The Hall–Kier alpha value is -4.41. The summed E-state index contributed by atoms with van der Waals surface area (Å²) in [5.74, 6) is -17.3. The highest BCUT2D eigenvalue weighted by atomic mass is 16.6. The van der Waals surface area contributed by atoms with Crippen LogP contribution in [0.1, 0.15) is 49.5 Å². The first-order valence-corrected chi connectivity index (χ1v) is 14.6. The maximum atomic E-state index is 14.1. The first-order valence-electron chi connectivity index (χ1n) is 14.6. The average molecular weight is 645 g/mol. The van der Waals surface area contributed by atoms with E-state index in [4.69, 9.17) is 15.2 Å². The van der Waals surface area contributed by atoms with E-state index in [0.29, 0.717) is 0 Å². The van der Waals surface area contributed by atoms with Crippen molar-refractivity contribution < 1.29 is 58.4 Å². The molecule has 0 radical (unpaired) electrons. The molecule has 1 aromatic carbocycles. The summed E-state index contributed by atoms with van der Waals surface area (Å²) in [5.41, 5.74) is -0.762. The smallest absolute Gasteiger partial charge is 0.347 e. The molecule has 8 atom stereocenters. The number of aliphatic hydroxyl groups is 2. The number of hydrogen-bond donors (Lipinski definition) is 4. The van der Waals surface area contributed by atoms with Gasteiger partial charge in [-0.05, 0) is 52.4 Å². The molecule has 5 N–H and O–H groups in total. The van der Waals surface area contributed by atoms with Gasteiger partial charge in [0.1, 0.15) is 5.69 Å². The Bertz CT molecular complexity index is 1550. The molecule has 4 rings (SSSR count). The number of fused-ring (bicyclic) bond motifs is 3. The summed E-state index contributed by atoms with van der Waals surface area (Å²) in [4.78, 5) is 93.5. The second-order valence-electron chi connectivity index (χ2n) is 12.0. The number of aliphatic hydroxyl groups excluding tert-OH is 1. The van der Waals surface area contributed by atoms with Crippen LogP contribution in [0.4, 0.5) is 5.69 Å². The Labute approximate surface area is 262 Å². The number of carbonyl (C=O) groups is 7. The van der Waals surface area contributed by atoms with Crippen LogP contribution in [-0.4, -0.2) is 112 Å². The van der Waals surface area contributed by atoms with E-state index in [1.807, 2.05) is 0 Å². The number of Topliss-reactive ketones (excluding diaryl/α,β-unsaturated/α-hetero) is 4. The Balaban J connectivity index is 1.85. The molecule has 0 saturated heterocycles. The minimum Gasteiger partial charge on any atom is -0.505 e. The highest BCUT2D eigenvalue weighted by Gasteiger charge is 2.73. The number of primary amides is 1. The second kappa shape index (κ2) is 12.1. The molecular weight excluding hydrogens is 608 g/mol. The predicted molar refractivity (Wildman–Crippen MR) is 154 cm³/mol. The van der Waals surface area contributed by atoms with Crippen LogP contribution in [0.15, 0.2) is 22.4 Å². The molecule has 1 aromatic rings. The second-order valence-corrected chi connectivity index (χ2v) is 12.0. The number of ketones is 4. The van der Waals surface area contributed by atoms with Crippen molar-refractivity contribution in [3.63, 3.8) is 0 Å².